The van der Waals surface area contributed by atoms with Gasteiger partial charge in [0.2, 0.25) is 11.9 Å². The minimum absolute atomic E-state index is 0.00504. The lowest BCUT2D eigenvalue weighted by Crippen LogP contribution is -2.42. The largest absolute Gasteiger partial charge is 0.508 e. The third kappa shape index (κ3) is 10.9. The maximum Gasteiger partial charge on any atom is 0.422 e. The number of aliphatic hydroxyl groups is 1. The van der Waals surface area contributed by atoms with Gasteiger partial charge in [-0.15, -0.1) is 0 Å². The van der Waals surface area contributed by atoms with E-state index in [4.69, 9.17) is 16.3 Å². The van der Waals surface area contributed by atoms with Crippen molar-refractivity contribution in [2.75, 3.05) is 48.8 Å². The Bertz CT molecular complexity index is 1930. The van der Waals surface area contributed by atoms with Gasteiger partial charge in [0.25, 0.3) is 5.91 Å². The molecule has 0 bridgehead atoms. The van der Waals surface area contributed by atoms with Crippen molar-refractivity contribution >= 4 is 52.6 Å². The summed E-state index contributed by atoms with van der Waals surface area (Å²) in [5, 5.41) is 31.1. The molecule has 0 atom stereocenters. The van der Waals surface area contributed by atoms with E-state index in [0.29, 0.717) is 16.3 Å². The summed E-state index contributed by atoms with van der Waals surface area (Å²) in [4.78, 5) is 51.5. The number of ether oxygens (including phenoxy) is 1. The van der Waals surface area contributed by atoms with E-state index in [1.54, 1.807) is 37.3 Å². The molecular weight excluding hydrogens is 721 g/mol. The molecule has 5 rings (SSSR count). The molecule has 1 aliphatic carbocycles. The van der Waals surface area contributed by atoms with Crippen LogP contribution >= 0.6 is 11.6 Å². The molecule has 0 saturated heterocycles. The number of nitrogens with one attached hydrogen (secondary N) is 4. The van der Waals surface area contributed by atoms with Crippen molar-refractivity contribution in [1.29, 1.82) is 0 Å². The molecule has 280 valence electrons. The number of phenolic OH excluding ortho intramolecular Hbond substituents is 1. The number of hydrogen-bond donors (Lipinski definition) is 6. The van der Waals surface area contributed by atoms with Crippen LogP contribution in [0.15, 0.2) is 66.7 Å². The lowest BCUT2D eigenvalue weighted by molar-refractivity contribution is -0.154. The molecule has 0 spiro atoms. The lowest BCUT2D eigenvalue weighted by Gasteiger charge is -2.21. The van der Waals surface area contributed by atoms with Gasteiger partial charge in [-0.1, -0.05) is 29.8 Å². The Labute approximate surface area is 306 Å². The molecule has 1 aromatic heterocycles. The van der Waals surface area contributed by atoms with Gasteiger partial charge >= 0.3 is 24.0 Å². The molecule has 53 heavy (non-hydrogen) atoms. The Morgan fingerprint density at radius 1 is 0.943 bits per heavy atom. The van der Waals surface area contributed by atoms with Gasteiger partial charge < -0.3 is 41.1 Å². The standard InChI is InChI=1S/C35H36ClF3N8O6/c1-21-3-10-26(19-27(21)49)41-29(51)30(52)47(17-18-48)16-2-15-40-28(50)22-4-11-25(12-5-22)42-31-43-32(45-33(44-31)53-20-35(37,38)39)46-34(13-14-34)23-6-8-24(36)9-7-23/h3-12,19,48-49H,2,13-18,20H2,1H3,(H,40,50)(H,41,51)(H2,42,43,44,45,46). The van der Waals surface area contributed by atoms with E-state index in [1.807, 2.05) is 12.1 Å². The second-order valence-corrected chi connectivity index (χ2v) is 12.6. The minimum Gasteiger partial charge on any atom is -0.508 e. The van der Waals surface area contributed by atoms with E-state index in [2.05, 4.69) is 36.2 Å². The summed E-state index contributed by atoms with van der Waals surface area (Å²) in [6.45, 7) is -0.208. The van der Waals surface area contributed by atoms with E-state index >= 15 is 0 Å². The maximum atomic E-state index is 12.9. The first-order valence-corrected chi connectivity index (χ1v) is 16.8. The summed E-state index contributed by atoms with van der Waals surface area (Å²) < 4.78 is 43.6. The second-order valence-electron chi connectivity index (χ2n) is 12.2. The normalized spacial score (nSPS) is 13.1. The molecule has 1 aliphatic rings. The summed E-state index contributed by atoms with van der Waals surface area (Å²) >= 11 is 6.02. The number of nitrogens with zero attached hydrogens (tertiary/aromatic N) is 4. The molecule has 4 aromatic rings. The van der Waals surface area contributed by atoms with E-state index < -0.39 is 42.1 Å². The zero-order valence-corrected chi connectivity index (χ0v) is 29.1. The average Bonchev–Trinajstić information content (AvgIpc) is 3.90. The summed E-state index contributed by atoms with van der Waals surface area (Å²) in [5.74, 6) is -2.41. The van der Waals surface area contributed by atoms with Crippen LogP contribution in [0.4, 0.5) is 36.4 Å². The predicted molar refractivity (Wildman–Crippen MR) is 189 cm³/mol. The number of aliphatic hydroxyl groups excluding tert-OH is 1. The first-order chi connectivity index (χ1) is 25.2. The number of anilines is 4. The number of carbonyl (C=O) groups excluding carboxylic acids is 3. The van der Waals surface area contributed by atoms with Gasteiger partial charge in [0.05, 0.1) is 12.1 Å². The van der Waals surface area contributed by atoms with Crippen LogP contribution in [0.2, 0.25) is 5.02 Å². The quantitative estimate of drug-likeness (QED) is 0.0714. The molecule has 0 radical (unpaired) electrons. The number of rotatable bonds is 15. The zero-order chi connectivity index (χ0) is 38.2. The van der Waals surface area contributed by atoms with Crippen LogP contribution in [-0.4, -0.2) is 86.8 Å². The highest BCUT2D eigenvalue weighted by atomic mass is 35.5. The van der Waals surface area contributed by atoms with E-state index in [0.717, 1.165) is 23.3 Å². The molecule has 18 heteroatoms. The Kier molecular flexibility index (Phi) is 12.2. The number of hydrogen-bond acceptors (Lipinski definition) is 11. The summed E-state index contributed by atoms with van der Waals surface area (Å²) in [7, 11) is 0. The molecule has 0 unspecified atom stereocenters. The van der Waals surface area contributed by atoms with Crippen LogP contribution in [0.1, 0.15) is 40.7 Å². The number of aromatic hydroxyl groups is 1. The van der Waals surface area contributed by atoms with Gasteiger partial charge in [0.1, 0.15) is 5.75 Å². The van der Waals surface area contributed by atoms with Crippen molar-refractivity contribution < 1.29 is 42.5 Å². The topological polar surface area (TPSA) is 191 Å². The van der Waals surface area contributed by atoms with Gasteiger partial charge in [-0.05, 0) is 79.8 Å². The number of benzene rings is 3. The van der Waals surface area contributed by atoms with Crippen LogP contribution < -0.4 is 26.0 Å². The van der Waals surface area contributed by atoms with Gasteiger partial charge in [0, 0.05) is 47.7 Å². The first kappa shape index (κ1) is 38.5. The Hall–Kier alpha value is -5.68. The highest BCUT2D eigenvalue weighted by Crippen LogP contribution is 2.48. The number of alkyl halides is 3. The average molecular weight is 757 g/mol. The molecule has 3 amide bonds. The van der Waals surface area contributed by atoms with Gasteiger partial charge in [-0.25, -0.2) is 0 Å². The molecular formula is C35H36ClF3N8O6. The number of aryl methyl sites for hydroxylation is 1. The van der Waals surface area contributed by atoms with Crippen molar-refractivity contribution in [2.24, 2.45) is 0 Å². The third-order valence-corrected chi connectivity index (χ3v) is 8.34. The molecule has 1 saturated carbocycles. The number of aromatic nitrogens is 3. The number of halogens is 4. The molecule has 14 nitrogen and oxygen atoms in total. The van der Waals surface area contributed by atoms with Gasteiger partial charge in [-0.2, -0.15) is 28.1 Å². The van der Waals surface area contributed by atoms with Crippen molar-refractivity contribution in [3.8, 4) is 11.8 Å². The fourth-order valence-corrected chi connectivity index (χ4v) is 5.26. The molecule has 1 heterocycles. The molecule has 0 aliphatic heterocycles. The lowest BCUT2D eigenvalue weighted by atomic mass is 10.1. The third-order valence-electron chi connectivity index (χ3n) is 8.09. The fraction of sp³-hybridized carbons (Fsp3) is 0.314. The van der Waals surface area contributed by atoms with Crippen LogP contribution in [0.25, 0.3) is 0 Å². The predicted octanol–water partition coefficient (Wildman–Crippen LogP) is 4.90. The maximum absolute atomic E-state index is 12.9. The van der Waals surface area contributed by atoms with Crippen molar-refractivity contribution in [2.45, 2.75) is 37.9 Å². The zero-order valence-electron chi connectivity index (χ0n) is 28.3. The summed E-state index contributed by atoms with van der Waals surface area (Å²) in [6, 6.07) is 17.2. The minimum atomic E-state index is -4.62. The summed E-state index contributed by atoms with van der Waals surface area (Å²) in [5.41, 5.74) is 1.90. The van der Waals surface area contributed by atoms with Gasteiger partial charge in [0.15, 0.2) is 6.61 Å². The Balaban J connectivity index is 1.16. The van der Waals surface area contributed by atoms with Crippen molar-refractivity contribution in [3.05, 3.63) is 88.4 Å². The Morgan fingerprint density at radius 3 is 2.26 bits per heavy atom. The van der Waals surface area contributed by atoms with Crippen LogP contribution in [0, 0.1) is 6.92 Å². The smallest absolute Gasteiger partial charge is 0.422 e. The highest BCUT2D eigenvalue weighted by molar-refractivity contribution is 6.39. The van der Waals surface area contributed by atoms with E-state index in [9.17, 15) is 37.8 Å². The second kappa shape index (κ2) is 16.8. The Morgan fingerprint density at radius 2 is 1.62 bits per heavy atom. The van der Waals surface area contributed by atoms with Crippen LogP contribution in [-0.2, 0) is 15.1 Å². The SMILES string of the molecule is Cc1ccc(NC(=O)C(=O)N(CCO)CCCNC(=O)c2ccc(Nc3nc(NC4(c5ccc(Cl)cc5)CC4)nc(OCC(F)(F)F)n3)cc2)cc1O. The molecule has 3 aromatic carbocycles. The van der Waals surface area contributed by atoms with Gasteiger partial charge in [-0.3, -0.25) is 14.4 Å². The van der Waals surface area contributed by atoms with E-state index in [1.165, 1.54) is 24.3 Å². The molecule has 6 N–H and O–H groups in total. The molecule has 1 fully saturated rings. The summed E-state index contributed by atoms with van der Waals surface area (Å²) in [6.07, 6.45) is -2.90. The number of amides is 3. The fourth-order valence-electron chi connectivity index (χ4n) is 5.13. The first-order valence-electron chi connectivity index (χ1n) is 16.4. The van der Waals surface area contributed by atoms with Crippen LogP contribution in [0.5, 0.6) is 11.8 Å². The van der Waals surface area contributed by atoms with Crippen molar-refractivity contribution in [1.82, 2.24) is 25.2 Å². The highest BCUT2D eigenvalue weighted by Gasteiger charge is 2.45. The van der Waals surface area contributed by atoms with Crippen molar-refractivity contribution in [3.63, 3.8) is 0 Å². The monoisotopic (exact) mass is 756 g/mol. The number of carbonyl (C=O) groups is 3. The number of phenols is 1. The van der Waals surface area contributed by atoms with Crippen LogP contribution in [0.3, 0.4) is 0 Å². The van der Waals surface area contributed by atoms with E-state index in [-0.39, 0.29) is 61.6 Å².